The first-order valence-electron chi connectivity index (χ1n) is 8.31. The molecule has 1 atom stereocenters. The maximum atomic E-state index is 12.2. The summed E-state index contributed by atoms with van der Waals surface area (Å²) in [5, 5.41) is 7.24. The quantitative estimate of drug-likeness (QED) is 0.576. The summed E-state index contributed by atoms with van der Waals surface area (Å²) >= 11 is 3.04. The summed E-state index contributed by atoms with van der Waals surface area (Å²) in [6.07, 6.45) is -0.981. The van der Waals surface area contributed by atoms with Gasteiger partial charge in [0, 0.05) is 16.6 Å². The van der Waals surface area contributed by atoms with E-state index < -0.39 is 23.9 Å². The fraction of sp³-hybridized carbons (Fsp3) is 0.158. The molecule has 2 amide bonds. The molecule has 0 saturated heterocycles. The zero-order valence-electron chi connectivity index (χ0n) is 14.9. The topological polar surface area (TPSA) is 111 Å². The van der Waals surface area contributed by atoms with E-state index in [1.165, 1.54) is 30.4 Å². The zero-order chi connectivity index (χ0) is 20.1. The number of ether oxygens (including phenoxy) is 1. The molecule has 0 unspecified atom stereocenters. The number of aromatic nitrogens is 1. The number of esters is 1. The van der Waals surface area contributed by atoms with Crippen molar-refractivity contribution in [3.05, 3.63) is 58.4 Å². The lowest BCUT2D eigenvalue weighted by Crippen LogP contribution is -2.30. The Balaban J connectivity index is 1.52. The van der Waals surface area contributed by atoms with Crippen LogP contribution < -0.4 is 11.1 Å². The van der Waals surface area contributed by atoms with Gasteiger partial charge in [0.05, 0.1) is 17.0 Å². The molecule has 0 aliphatic heterocycles. The van der Waals surface area contributed by atoms with Gasteiger partial charge in [-0.15, -0.1) is 22.7 Å². The normalized spacial score (nSPS) is 11.6. The molecule has 0 aliphatic rings. The molecule has 3 aromatic rings. The molecule has 3 rings (SSSR count). The van der Waals surface area contributed by atoms with Gasteiger partial charge in [0.2, 0.25) is 5.91 Å². The first-order chi connectivity index (χ1) is 13.4. The number of carbonyl (C=O) groups is 3. The van der Waals surface area contributed by atoms with E-state index in [2.05, 4.69) is 10.3 Å². The van der Waals surface area contributed by atoms with Crippen LogP contribution in [0.2, 0.25) is 0 Å². The monoisotopic (exact) mass is 415 g/mol. The number of carbonyl (C=O) groups excluding carboxylic acids is 3. The smallest absolute Gasteiger partial charge is 0.312 e. The number of hydrogen-bond donors (Lipinski definition) is 2. The summed E-state index contributed by atoms with van der Waals surface area (Å²) in [7, 11) is 0. The molecule has 28 heavy (non-hydrogen) atoms. The molecular weight excluding hydrogens is 398 g/mol. The predicted octanol–water partition coefficient (Wildman–Crippen LogP) is 3.08. The van der Waals surface area contributed by atoms with Gasteiger partial charge in [0.1, 0.15) is 5.01 Å². The van der Waals surface area contributed by atoms with Gasteiger partial charge in [-0.1, -0.05) is 6.07 Å². The number of primary amides is 1. The van der Waals surface area contributed by atoms with Gasteiger partial charge in [0.15, 0.2) is 6.10 Å². The van der Waals surface area contributed by atoms with Crippen molar-refractivity contribution in [3.8, 4) is 9.88 Å². The van der Waals surface area contributed by atoms with Crippen LogP contribution in [0.4, 0.5) is 5.69 Å². The van der Waals surface area contributed by atoms with Gasteiger partial charge in [-0.2, -0.15) is 0 Å². The highest BCUT2D eigenvalue weighted by Crippen LogP contribution is 2.28. The van der Waals surface area contributed by atoms with Crippen LogP contribution in [0.15, 0.2) is 47.2 Å². The molecule has 0 radical (unpaired) electrons. The third kappa shape index (κ3) is 5.02. The summed E-state index contributed by atoms with van der Waals surface area (Å²) in [5.74, 6) is -1.56. The molecule has 9 heteroatoms. The Hall–Kier alpha value is -3.04. The molecule has 1 aromatic carbocycles. The van der Waals surface area contributed by atoms with Gasteiger partial charge in [-0.05, 0) is 42.6 Å². The summed E-state index contributed by atoms with van der Waals surface area (Å²) in [4.78, 5) is 40.8. The van der Waals surface area contributed by atoms with E-state index in [0.29, 0.717) is 16.9 Å². The Morgan fingerprint density at radius 3 is 2.57 bits per heavy atom. The fourth-order valence-corrected chi connectivity index (χ4v) is 3.94. The lowest BCUT2D eigenvalue weighted by molar-refractivity contribution is -0.152. The second-order valence-electron chi connectivity index (χ2n) is 5.86. The maximum Gasteiger partial charge on any atom is 0.312 e. The highest BCUT2D eigenvalue weighted by molar-refractivity contribution is 7.20. The van der Waals surface area contributed by atoms with Gasteiger partial charge in [-0.3, -0.25) is 14.4 Å². The van der Waals surface area contributed by atoms with Crippen LogP contribution in [0.25, 0.3) is 9.88 Å². The van der Waals surface area contributed by atoms with Crippen LogP contribution in [-0.2, 0) is 20.7 Å². The van der Waals surface area contributed by atoms with Gasteiger partial charge in [-0.25, -0.2) is 4.98 Å². The molecule has 0 spiro atoms. The largest absolute Gasteiger partial charge is 0.452 e. The summed E-state index contributed by atoms with van der Waals surface area (Å²) in [6, 6.07) is 10.0. The fourth-order valence-electron chi connectivity index (χ4n) is 2.30. The van der Waals surface area contributed by atoms with Crippen molar-refractivity contribution in [2.24, 2.45) is 5.73 Å². The zero-order valence-corrected chi connectivity index (χ0v) is 16.5. The number of benzene rings is 1. The van der Waals surface area contributed by atoms with Crippen molar-refractivity contribution >= 4 is 46.1 Å². The Morgan fingerprint density at radius 1 is 1.18 bits per heavy atom. The SMILES string of the molecule is C[C@@H](OC(=O)Cc1csc(-c2cccs2)n1)C(=O)Nc1ccc(C(N)=O)cc1. The average molecular weight is 415 g/mol. The van der Waals surface area contributed by atoms with E-state index in [-0.39, 0.29) is 6.42 Å². The van der Waals surface area contributed by atoms with E-state index in [1.54, 1.807) is 28.8 Å². The maximum absolute atomic E-state index is 12.2. The Kier molecular flexibility index (Phi) is 6.17. The number of thiophene rings is 1. The van der Waals surface area contributed by atoms with Crippen LogP contribution in [0.5, 0.6) is 0 Å². The van der Waals surface area contributed by atoms with E-state index in [0.717, 1.165) is 9.88 Å². The molecule has 0 fully saturated rings. The molecule has 2 aromatic heterocycles. The van der Waals surface area contributed by atoms with Gasteiger partial charge >= 0.3 is 5.97 Å². The molecule has 7 nitrogen and oxygen atoms in total. The van der Waals surface area contributed by atoms with Crippen LogP contribution in [-0.4, -0.2) is 28.9 Å². The number of amides is 2. The summed E-state index contributed by atoms with van der Waals surface area (Å²) in [5.41, 5.74) is 6.58. The second-order valence-corrected chi connectivity index (χ2v) is 7.67. The van der Waals surface area contributed by atoms with Crippen molar-refractivity contribution in [1.82, 2.24) is 4.98 Å². The van der Waals surface area contributed by atoms with E-state index in [1.807, 2.05) is 17.5 Å². The molecular formula is C19H17N3O4S2. The predicted molar refractivity (Wildman–Crippen MR) is 108 cm³/mol. The van der Waals surface area contributed by atoms with Crippen molar-refractivity contribution < 1.29 is 19.1 Å². The Labute approximate surface area is 169 Å². The lowest BCUT2D eigenvalue weighted by Gasteiger charge is -2.13. The number of thiazole rings is 1. The van der Waals surface area contributed by atoms with Crippen molar-refractivity contribution in [2.75, 3.05) is 5.32 Å². The molecule has 0 bridgehead atoms. The van der Waals surface area contributed by atoms with E-state index in [9.17, 15) is 14.4 Å². The Morgan fingerprint density at radius 2 is 1.93 bits per heavy atom. The molecule has 144 valence electrons. The number of nitrogens with one attached hydrogen (secondary N) is 1. The molecule has 3 N–H and O–H groups in total. The summed E-state index contributed by atoms with van der Waals surface area (Å²) < 4.78 is 5.19. The molecule has 0 aliphatic carbocycles. The van der Waals surface area contributed by atoms with E-state index >= 15 is 0 Å². The van der Waals surface area contributed by atoms with Crippen LogP contribution in [0.3, 0.4) is 0 Å². The minimum absolute atomic E-state index is 0.00714. The molecule has 0 saturated carbocycles. The minimum Gasteiger partial charge on any atom is -0.452 e. The van der Waals surface area contributed by atoms with E-state index in [4.69, 9.17) is 10.5 Å². The standard InChI is InChI=1S/C19H17N3O4S2/c1-11(18(25)21-13-6-4-12(5-7-13)17(20)24)26-16(23)9-14-10-28-19(22-14)15-3-2-8-27-15/h2-8,10-11H,9H2,1H3,(H2,20,24)(H,21,25)/t11-/m1/s1. The highest BCUT2D eigenvalue weighted by Gasteiger charge is 2.19. The van der Waals surface area contributed by atoms with Crippen molar-refractivity contribution in [1.29, 1.82) is 0 Å². The van der Waals surface area contributed by atoms with Crippen molar-refractivity contribution in [2.45, 2.75) is 19.4 Å². The number of rotatable bonds is 7. The van der Waals surface area contributed by atoms with Crippen LogP contribution in [0, 0.1) is 0 Å². The van der Waals surface area contributed by atoms with Gasteiger partial charge in [0.25, 0.3) is 5.91 Å². The molecule has 2 heterocycles. The number of anilines is 1. The van der Waals surface area contributed by atoms with Crippen LogP contribution >= 0.6 is 22.7 Å². The second kappa shape index (κ2) is 8.77. The third-order valence-electron chi connectivity index (χ3n) is 3.72. The lowest BCUT2D eigenvalue weighted by atomic mass is 10.2. The summed E-state index contributed by atoms with van der Waals surface area (Å²) in [6.45, 7) is 1.49. The highest BCUT2D eigenvalue weighted by atomic mass is 32.1. The first-order valence-corrected chi connectivity index (χ1v) is 10.1. The number of hydrogen-bond acceptors (Lipinski definition) is 7. The first kappa shape index (κ1) is 19.7. The van der Waals surface area contributed by atoms with Gasteiger partial charge < -0.3 is 15.8 Å². The third-order valence-corrected chi connectivity index (χ3v) is 5.65. The van der Waals surface area contributed by atoms with Crippen molar-refractivity contribution in [3.63, 3.8) is 0 Å². The van der Waals surface area contributed by atoms with Crippen LogP contribution in [0.1, 0.15) is 23.0 Å². The number of nitrogens with zero attached hydrogens (tertiary/aromatic N) is 1. The number of nitrogens with two attached hydrogens (primary N) is 1. The Bertz CT molecular complexity index is 981. The minimum atomic E-state index is -0.973. The average Bonchev–Trinajstić information content (AvgIpc) is 3.33.